The summed E-state index contributed by atoms with van der Waals surface area (Å²) in [6.45, 7) is 6.97. The predicted molar refractivity (Wildman–Crippen MR) is 86.7 cm³/mol. The first-order chi connectivity index (χ1) is 10.8. The second-order valence-electron chi connectivity index (χ2n) is 5.77. The van der Waals surface area contributed by atoms with Crippen LogP contribution in [0.2, 0.25) is 0 Å². The third-order valence-electron chi connectivity index (χ3n) is 3.99. The third-order valence-corrected chi connectivity index (χ3v) is 4.98. The smallest absolute Gasteiger partial charge is 0.123 e. The molecule has 0 aliphatic carbocycles. The van der Waals surface area contributed by atoms with Crippen LogP contribution in [0.5, 0.6) is 0 Å². The van der Waals surface area contributed by atoms with Crippen molar-refractivity contribution in [3.05, 3.63) is 58.1 Å². The van der Waals surface area contributed by atoms with E-state index >= 15 is 0 Å². The summed E-state index contributed by atoms with van der Waals surface area (Å²) < 4.78 is 4.20. The molecular weight excluding hydrogens is 294 g/mol. The number of aromatic nitrogens is 4. The summed E-state index contributed by atoms with van der Waals surface area (Å²) in [5.41, 5.74) is 1.09. The largest absolute Gasteiger partial charge is 0.332 e. The van der Waals surface area contributed by atoms with Gasteiger partial charge in [0, 0.05) is 48.0 Å². The number of aryl methyl sites for hydroxylation is 1. The molecule has 22 heavy (non-hydrogen) atoms. The number of imidazole rings is 1. The zero-order valence-electron chi connectivity index (χ0n) is 12.6. The summed E-state index contributed by atoms with van der Waals surface area (Å²) in [6.07, 6.45) is 5.95. The van der Waals surface area contributed by atoms with Crippen LogP contribution in [0.3, 0.4) is 0 Å². The fourth-order valence-electron chi connectivity index (χ4n) is 2.92. The lowest BCUT2D eigenvalue weighted by molar-refractivity contribution is 0.210. The molecule has 0 fully saturated rings. The Morgan fingerprint density at radius 1 is 1.23 bits per heavy atom. The molecular formula is C16H19N5S. The van der Waals surface area contributed by atoms with Crippen molar-refractivity contribution in [1.82, 2.24) is 24.2 Å². The Hall–Kier alpha value is -1.92. The number of fused-ring (bicyclic) bond motifs is 1. The molecule has 1 aliphatic rings. The molecule has 0 aromatic carbocycles. The highest BCUT2D eigenvalue weighted by Crippen LogP contribution is 2.20. The number of hydrogen-bond donors (Lipinski definition) is 0. The van der Waals surface area contributed by atoms with Gasteiger partial charge in [-0.1, -0.05) is 0 Å². The molecule has 3 aromatic rings. The lowest BCUT2D eigenvalue weighted by Gasteiger charge is -2.26. The van der Waals surface area contributed by atoms with Crippen LogP contribution in [0, 0.1) is 6.92 Å². The normalized spacial score (nSPS) is 15.1. The summed E-state index contributed by atoms with van der Waals surface area (Å²) in [5, 5.41) is 4.25. The Balaban J connectivity index is 1.45. The van der Waals surface area contributed by atoms with Gasteiger partial charge in [-0.15, -0.1) is 11.3 Å². The van der Waals surface area contributed by atoms with Gasteiger partial charge in [0.1, 0.15) is 5.82 Å². The van der Waals surface area contributed by atoms with Crippen LogP contribution >= 0.6 is 11.3 Å². The van der Waals surface area contributed by atoms with Gasteiger partial charge < -0.3 is 4.57 Å². The van der Waals surface area contributed by atoms with E-state index in [4.69, 9.17) is 4.98 Å². The monoisotopic (exact) mass is 313 g/mol. The van der Waals surface area contributed by atoms with Gasteiger partial charge in [-0.2, -0.15) is 5.10 Å². The summed E-state index contributed by atoms with van der Waals surface area (Å²) in [7, 11) is 0. The van der Waals surface area contributed by atoms with E-state index in [1.807, 2.05) is 28.3 Å². The molecule has 0 radical (unpaired) electrons. The van der Waals surface area contributed by atoms with Crippen LogP contribution in [0.4, 0.5) is 0 Å². The highest BCUT2D eigenvalue weighted by Gasteiger charge is 2.19. The van der Waals surface area contributed by atoms with Crippen molar-refractivity contribution >= 4 is 11.3 Å². The summed E-state index contributed by atoms with van der Waals surface area (Å²) in [4.78, 5) is 10.1. The second-order valence-corrected chi connectivity index (χ2v) is 7.14. The molecule has 0 atom stereocenters. The van der Waals surface area contributed by atoms with Gasteiger partial charge in [0.05, 0.1) is 18.8 Å². The van der Waals surface area contributed by atoms with Crippen molar-refractivity contribution < 1.29 is 0 Å². The minimum Gasteiger partial charge on any atom is -0.332 e. The van der Waals surface area contributed by atoms with Crippen LogP contribution in [0.1, 0.15) is 21.3 Å². The molecule has 3 aromatic heterocycles. The Morgan fingerprint density at radius 3 is 2.95 bits per heavy atom. The summed E-state index contributed by atoms with van der Waals surface area (Å²) in [6, 6.07) is 6.39. The van der Waals surface area contributed by atoms with Crippen LogP contribution in [-0.4, -0.2) is 30.8 Å². The van der Waals surface area contributed by atoms with E-state index in [0.717, 1.165) is 38.4 Å². The minimum absolute atomic E-state index is 0.747. The van der Waals surface area contributed by atoms with Gasteiger partial charge in [0.15, 0.2) is 0 Å². The second kappa shape index (κ2) is 5.70. The van der Waals surface area contributed by atoms with Crippen LogP contribution in [0.15, 0.2) is 36.8 Å². The average Bonchev–Trinajstić information content (AvgIpc) is 3.20. The Kier molecular flexibility index (Phi) is 3.56. The molecule has 0 N–H and O–H groups in total. The summed E-state index contributed by atoms with van der Waals surface area (Å²) >= 11 is 1.89. The number of nitrogens with zero attached hydrogens (tertiary/aromatic N) is 5. The zero-order chi connectivity index (χ0) is 14.9. The molecule has 5 nitrogen and oxygen atoms in total. The van der Waals surface area contributed by atoms with Gasteiger partial charge in [0.2, 0.25) is 0 Å². The lowest BCUT2D eigenvalue weighted by atomic mass is 10.3. The zero-order valence-corrected chi connectivity index (χ0v) is 13.5. The minimum atomic E-state index is 0.747. The topological polar surface area (TPSA) is 38.9 Å². The van der Waals surface area contributed by atoms with Crippen molar-refractivity contribution in [1.29, 1.82) is 0 Å². The fraction of sp³-hybridized carbons (Fsp3) is 0.375. The van der Waals surface area contributed by atoms with Crippen molar-refractivity contribution in [2.75, 3.05) is 6.54 Å². The van der Waals surface area contributed by atoms with Gasteiger partial charge in [-0.05, 0) is 25.1 Å². The van der Waals surface area contributed by atoms with Gasteiger partial charge in [0.25, 0.3) is 0 Å². The molecule has 0 amide bonds. The average molecular weight is 313 g/mol. The van der Waals surface area contributed by atoms with Crippen molar-refractivity contribution in [3.8, 4) is 0 Å². The van der Waals surface area contributed by atoms with Gasteiger partial charge in [-0.25, -0.2) is 4.98 Å². The Morgan fingerprint density at radius 2 is 2.18 bits per heavy atom. The molecule has 114 valence electrons. The first-order valence-corrected chi connectivity index (χ1v) is 8.38. The van der Waals surface area contributed by atoms with E-state index in [1.54, 1.807) is 6.20 Å². The summed E-state index contributed by atoms with van der Waals surface area (Å²) in [5.74, 6) is 1.17. The maximum atomic E-state index is 4.79. The Labute approximate surface area is 133 Å². The van der Waals surface area contributed by atoms with Crippen LogP contribution in [0.25, 0.3) is 0 Å². The third kappa shape index (κ3) is 2.84. The van der Waals surface area contributed by atoms with Crippen molar-refractivity contribution in [3.63, 3.8) is 0 Å². The predicted octanol–water partition coefficient (Wildman–Crippen LogP) is 2.51. The number of hydrogen-bond acceptors (Lipinski definition) is 4. The maximum absolute atomic E-state index is 4.79. The van der Waals surface area contributed by atoms with Crippen molar-refractivity contribution in [2.24, 2.45) is 0 Å². The van der Waals surface area contributed by atoms with Crippen LogP contribution in [-0.2, 0) is 26.2 Å². The van der Waals surface area contributed by atoms with E-state index in [-0.39, 0.29) is 0 Å². The quantitative estimate of drug-likeness (QED) is 0.743. The highest BCUT2D eigenvalue weighted by molar-refractivity contribution is 7.11. The van der Waals surface area contributed by atoms with E-state index < -0.39 is 0 Å². The van der Waals surface area contributed by atoms with Gasteiger partial charge in [-0.3, -0.25) is 9.58 Å². The molecule has 1 aliphatic heterocycles. The molecule has 0 spiro atoms. The maximum Gasteiger partial charge on any atom is 0.123 e. The fourth-order valence-corrected chi connectivity index (χ4v) is 3.86. The molecule has 4 rings (SSSR count). The highest BCUT2D eigenvalue weighted by atomic mass is 32.1. The number of rotatable bonds is 4. The molecule has 4 heterocycles. The molecule has 0 saturated heterocycles. The molecule has 0 bridgehead atoms. The first kappa shape index (κ1) is 13.7. The van der Waals surface area contributed by atoms with Crippen LogP contribution < -0.4 is 0 Å². The molecule has 0 saturated carbocycles. The van der Waals surface area contributed by atoms with E-state index in [2.05, 4.69) is 39.8 Å². The van der Waals surface area contributed by atoms with Crippen molar-refractivity contribution in [2.45, 2.75) is 33.1 Å². The SMILES string of the molecule is Cc1ccc(CN2CCn3cc(Cn4cccn4)nc3C2)s1. The Bertz CT molecular complexity index is 755. The van der Waals surface area contributed by atoms with E-state index in [9.17, 15) is 0 Å². The van der Waals surface area contributed by atoms with Gasteiger partial charge >= 0.3 is 0 Å². The molecule has 6 heteroatoms. The van der Waals surface area contributed by atoms with E-state index in [0.29, 0.717) is 0 Å². The number of thiophene rings is 1. The standard InChI is InChI=1S/C16H19N5S/c1-13-3-4-15(22-13)11-19-7-8-20-9-14(18-16(20)12-19)10-21-6-2-5-17-21/h2-6,9H,7-8,10-12H2,1H3. The lowest BCUT2D eigenvalue weighted by Crippen LogP contribution is -2.32. The first-order valence-electron chi connectivity index (χ1n) is 7.56. The van der Waals surface area contributed by atoms with E-state index in [1.165, 1.54) is 15.6 Å². The molecule has 0 unspecified atom stereocenters.